The van der Waals surface area contributed by atoms with Crippen LogP contribution in [0.15, 0.2) is 22.7 Å². The van der Waals surface area contributed by atoms with Crippen LogP contribution in [0.2, 0.25) is 0 Å². The van der Waals surface area contributed by atoms with Crippen LogP contribution in [0.5, 0.6) is 0 Å². The number of rotatable bonds is 5. The van der Waals surface area contributed by atoms with E-state index in [4.69, 9.17) is 0 Å². The van der Waals surface area contributed by atoms with Crippen molar-refractivity contribution in [3.8, 4) is 10.6 Å². The summed E-state index contributed by atoms with van der Waals surface area (Å²) in [6, 6.07) is 4.92. The quantitative estimate of drug-likeness (QED) is 0.784. The van der Waals surface area contributed by atoms with Gasteiger partial charge in [-0.2, -0.15) is 0 Å². The third-order valence-electron chi connectivity index (χ3n) is 4.11. The summed E-state index contributed by atoms with van der Waals surface area (Å²) in [6.45, 7) is 3.58. The van der Waals surface area contributed by atoms with E-state index in [9.17, 15) is 9.18 Å². The first-order chi connectivity index (χ1) is 12.1. The molecule has 5 nitrogen and oxygen atoms in total. The monoisotopic (exact) mass is 426 g/mol. The number of carbonyl (C=O) groups excluding carboxylic acids is 1. The fraction of sp³-hybridized carbons (Fsp3) is 0.471. The minimum Gasteiger partial charge on any atom is -0.352 e. The second-order valence-corrected chi connectivity index (χ2v) is 7.99. The Bertz CT molecular complexity index is 754. The Morgan fingerprint density at radius 1 is 1.48 bits per heavy atom. The van der Waals surface area contributed by atoms with E-state index in [-0.39, 0.29) is 17.8 Å². The van der Waals surface area contributed by atoms with E-state index >= 15 is 0 Å². The van der Waals surface area contributed by atoms with E-state index in [1.54, 1.807) is 12.1 Å². The number of carbonyl (C=O) groups is 1. The molecule has 1 aliphatic heterocycles. The van der Waals surface area contributed by atoms with Gasteiger partial charge in [-0.1, -0.05) is 34.2 Å². The number of aromatic nitrogens is 2. The summed E-state index contributed by atoms with van der Waals surface area (Å²) in [4.78, 5) is 13.9. The van der Waals surface area contributed by atoms with Crippen LogP contribution in [0.4, 0.5) is 9.52 Å². The van der Waals surface area contributed by atoms with Crippen LogP contribution in [0.3, 0.4) is 0 Å². The number of nitrogens with zero attached hydrogens (tertiary/aromatic N) is 3. The van der Waals surface area contributed by atoms with E-state index in [2.05, 4.69) is 36.3 Å². The molecule has 1 aromatic heterocycles. The number of amides is 1. The molecule has 0 spiro atoms. The summed E-state index contributed by atoms with van der Waals surface area (Å²) in [6.07, 6.45) is 3.36. The molecule has 1 aliphatic rings. The lowest BCUT2D eigenvalue weighted by Crippen LogP contribution is -2.47. The van der Waals surface area contributed by atoms with E-state index in [1.165, 1.54) is 17.4 Å². The lowest BCUT2D eigenvalue weighted by Gasteiger charge is -2.32. The number of hydrogen-bond acceptors (Lipinski definition) is 5. The second-order valence-electron chi connectivity index (χ2n) is 6.12. The van der Waals surface area contributed by atoms with Gasteiger partial charge in [-0.3, -0.25) is 4.79 Å². The summed E-state index contributed by atoms with van der Waals surface area (Å²) in [7, 11) is 0. The van der Waals surface area contributed by atoms with Crippen LogP contribution in [0, 0.1) is 5.82 Å². The van der Waals surface area contributed by atoms with E-state index in [0.29, 0.717) is 23.5 Å². The molecule has 1 unspecified atom stereocenters. The predicted molar refractivity (Wildman–Crippen MR) is 101 cm³/mol. The van der Waals surface area contributed by atoms with E-state index in [1.807, 2.05) is 6.92 Å². The van der Waals surface area contributed by atoms with Crippen molar-refractivity contribution in [2.75, 3.05) is 18.0 Å². The zero-order valence-corrected chi connectivity index (χ0v) is 16.4. The maximum absolute atomic E-state index is 14.0. The first-order valence-electron chi connectivity index (χ1n) is 8.40. The Hall–Kier alpha value is -1.54. The first-order valence-corrected chi connectivity index (χ1v) is 10.0. The molecule has 1 fully saturated rings. The highest BCUT2D eigenvalue weighted by molar-refractivity contribution is 9.10. The van der Waals surface area contributed by atoms with Gasteiger partial charge in [-0.25, -0.2) is 4.39 Å². The zero-order chi connectivity index (χ0) is 17.8. The van der Waals surface area contributed by atoms with Gasteiger partial charge in [0.05, 0.1) is 0 Å². The number of piperidine rings is 1. The maximum atomic E-state index is 14.0. The molecule has 0 bridgehead atoms. The molecule has 2 aromatic rings. The SMILES string of the molecule is CCCC(=O)NC1CCCN(c2nnc(-c3cc(Br)ccc3F)s2)C1. The summed E-state index contributed by atoms with van der Waals surface area (Å²) in [5.74, 6) is -0.210. The van der Waals surface area contributed by atoms with Crippen molar-refractivity contribution in [1.82, 2.24) is 15.5 Å². The second kappa shape index (κ2) is 8.23. The minimum atomic E-state index is -0.311. The summed E-state index contributed by atoms with van der Waals surface area (Å²) in [5, 5.41) is 12.8. The fourth-order valence-corrected chi connectivity index (χ4v) is 4.17. The van der Waals surface area contributed by atoms with Gasteiger partial charge in [0, 0.05) is 35.6 Å². The smallest absolute Gasteiger partial charge is 0.220 e. The van der Waals surface area contributed by atoms with Gasteiger partial charge in [0.1, 0.15) is 5.82 Å². The maximum Gasteiger partial charge on any atom is 0.220 e. The molecular formula is C17H20BrFN4OS. The van der Waals surface area contributed by atoms with Crippen molar-refractivity contribution < 1.29 is 9.18 Å². The van der Waals surface area contributed by atoms with Gasteiger partial charge < -0.3 is 10.2 Å². The van der Waals surface area contributed by atoms with Crippen LogP contribution in [0.1, 0.15) is 32.6 Å². The van der Waals surface area contributed by atoms with Gasteiger partial charge in [-0.15, -0.1) is 10.2 Å². The Kier molecular flexibility index (Phi) is 6.01. The number of hydrogen-bond donors (Lipinski definition) is 1. The summed E-state index contributed by atoms with van der Waals surface area (Å²) < 4.78 is 14.8. The molecule has 2 heterocycles. The van der Waals surface area contributed by atoms with Crippen molar-refractivity contribution >= 4 is 38.3 Å². The van der Waals surface area contributed by atoms with E-state index < -0.39 is 0 Å². The number of anilines is 1. The van der Waals surface area contributed by atoms with Crippen molar-refractivity contribution in [2.24, 2.45) is 0 Å². The van der Waals surface area contributed by atoms with Crippen molar-refractivity contribution in [3.05, 3.63) is 28.5 Å². The number of halogens is 2. The van der Waals surface area contributed by atoms with Crippen LogP contribution < -0.4 is 10.2 Å². The Morgan fingerprint density at radius 2 is 2.32 bits per heavy atom. The Morgan fingerprint density at radius 3 is 3.12 bits per heavy atom. The molecule has 1 N–H and O–H groups in total. The van der Waals surface area contributed by atoms with Crippen LogP contribution in [-0.4, -0.2) is 35.2 Å². The summed E-state index contributed by atoms with van der Waals surface area (Å²) in [5.41, 5.74) is 0.447. The van der Waals surface area contributed by atoms with Gasteiger partial charge >= 0.3 is 0 Å². The summed E-state index contributed by atoms with van der Waals surface area (Å²) >= 11 is 4.74. The van der Waals surface area contributed by atoms with Crippen molar-refractivity contribution in [3.63, 3.8) is 0 Å². The molecule has 0 aliphatic carbocycles. The lowest BCUT2D eigenvalue weighted by molar-refractivity contribution is -0.121. The molecular weight excluding hydrogens is 407 g/mol. The normalized spacial score (nSPS) is 17.6. The topological polar surface area (TPSA) is 58.1 Å². The van der Waals surface area contributed by atoms with Crippen LogP contribution in [0.25, 0.3) is 10.6 Å². The van der Waals surface area contributed by atoms with Gasteiger partial charge in [0.2, 0.25) is 11.0 Å². The predicted octanol–water partition coefficient (Wildman–Crippen LogP) is 3.99. The van der Waals surface area contributed by atoms with Crippen LogP contribution >= 0.6 is 27.3 Å². The van der Waals surface area contributed by atoms with Crippen LogP contribution in [-0.2, 0) is 4.79 Å². The largest absolute Gasteiger partial charge is 0.352 e. The highest BCUT2D eigenvalue weighted by Gasteiger charge is 2.24. The first kappa shape index (κ1) is 18.3. The van der Waals surface area contributed by atoms with Gasteiger partial charge in [-0.05, 0) is 37.5 Å². The molecule has 8 heteroatoms. The average Bonchev–Trinajstić information content (AvgIpc) is 3.07. The average molecular weight is 427 g/mol. The number of benzene rings is 1. The Balaban J connectivity index is 1.71. The minimum absolute atomic E-state index is 0.100. The number of nitrogens with one attached hydrogen (secondary N) is 1. The van der Waals surface area contributed by atoms with Gasteiger partial charge in [0.25, 0.3) is 0 Å². The van der Waals surface area contributed by atoms with Gasteiger partial charge in [0.15, 0.2) is 5.01 Å². The van der Waals surface area contributed by atoms with Crippen molar-refractivity contribution in [2.45, 2.75) is 38.6 Å². The van der Waals surface area contributed by atoms with E-state index in [0.717, 1.165) is 35.4 Å². The fourth-order valence-electron chi connectivity index (χ4n) is 2.91. The highest BCUT2D eigenvalue weighted by Crippen LogP contribution is 2.33. The highest BCUT2D eigenvalue weighted by atomic mass is 79.9. The molecule has 3 rings (SSSR count). The molecule has 1 atom stereocenters. The third-order valence-corrected chi connectivity index (χ3v) is 5.62. The third kappa shape index (κ3) is 4.55. The van der Waals surface area contributed by atoms with Crippen molar-refractivity contribution in [1.29, 1.82) is 0 Å². The molecule has 0 radical (unpaired) electrons. The zero-order valence-electron chi connectivity index (χ0n) is 14.0. The Labute approximate surface area is 158 Å². The molecule has 1 aromatic carbocycles. The lowest BCUT2D eigenvalue weighted by atomic mass is 10.1. The molecule has 134 valence electrons. The molecule has 25 heavy (non-hydrogen) atoms. The molecule has 1 saturated heterocycles. The standard InChI is InChI=1S/C17H20BrFN4OS/c1-2-4-15(24)20-12-5-3-8-23(10-12)17-22-21-16(25-17)13-9-11(18)6-7-14(13)19/h6-7,9,12H,2-5,8,10H2,1H3,(H,20,24). The molecule has 1 amide bonds. The molecule has 0 saturated carbocycles.